The fourth-order valence-electron chi connectivity index (χ4n) is 2.06. The summed E-state index contributed by atoms with van der Waals surface area (Å²) in [5.41, 5.74) is 2.23. The van der Waals surface area contributed by atoms with Gasteiger partial charge in [0.25, 0.3) is 20.0 Å². The summed E-state index contributed by atoms with van der Waals surface area (Å²) in [6, 6.07) is 10.8. The number of hydrogen-bond acceptors (Lipinski definition) is 7. The summed E-state index contributed by atoms with van der Waals surface area (Å²) in [6.45, 7) is 0. The molecule has 0 spiro atoms. The molecule has 0 heterocycles. The monoisotopic (exact) mass is 386 g/mol. The number of hydrazine groups is 1. The number of nitrogens with zero attached hydrogens (tertiary/aromatic N) is 1. The normalized spacial score (nSPS) is 12.2. The van der Waals surface area contributed by atoms with Crippen molar-refractivity contribution in [3.8, 4) is 11.5 Å². The molecule has 0 atom stereocenters. The first-order valence-electron chi connectivity index (χ1n) is 7.03. The number of benzene rings is 2. The topological polar surface area (TPSA) is 102 Å². The predicted octanol–water partition coefficient (Wildman–Crippen LogP) is 1.22. The van der Waals surface area contributed by atoms with Crippen molar-refractivity contribution in [3.63, 3.8) is 0 Å². The molecule has 0 aromatic heterocycles. The zero-order valence-corrected chi connectivity index (χ0v) is 15.5. The van der Waals surface area contributed by atoms with Crippen LogP contribution < -0.4 is 14.9 Å². The number of methoxy groups -OCH3 is 2. The third kappa shape index (κ3) is 3.76. The second kappa shape index (κ2) is 7.40. The Hall–Kier alpha value is -2.14. The Bertz CT molecular complexity index is 845. The number of rotatable bonds is 7. The summed E-state index contributed by atoms with van der Waals surface area (Å²) in [6.07, 6.45) is 0. The van der Waals surface area contributed by atoms with Gasteiger partial charge in [-0.1, -0.05) is 0 Å². The molecule has 0 unspecified atom stereocenters. The third-order valence-electron chi connectivity index (χ3n) is 3.33. The molecule has 2 aromatic carbocycles. The van der Waals surface area contributed by atoms with E-state index in [0.29, 0.717) is 11.5 Å². The van der Waals surface area contributed by atoms with Crippen molar-refractivity contribution in [1.29, 1.82) is 0 Å². The maximum atomic E-state index is 12.7. The van der Waals surface area contributed by atoms with Crippen molar-refractivity contribution < 1.29 is 26.3 Å². The van der Waals surface area contributed by atoms with Crippen LogP contribution in [0.3, 0.4) is 0 Å². The van der Waals surface area contributed by atoms with Gasteiger partial charge >= 0.3 is 0 Å². The van der Waals surface area contributed by atoms with Gasteiger partial charge in [-0.2, -0.15) is 0 Å². The first kappa shape index (κ1) is 19.2. The van der Waals surface area contributed by atoms with Crippen LogP contribution in [0, 0.1) is 0 Å². The van der Waals surface area contributed by atoms with Gasteiger partial charge in [-0.05, 0) is 52.4 Å². The summed E-state index contributed by atoms with van der Waals surface area (Å²) < 4.78 is 61.1. The van der Waals surface area contributed by atoms with E-state index in [1.165, 1.54) is 69.8 Å². The standard InChI is InChI=1S/C15H18N2O6S2/c1-16-17(24(18,19)14-8-4-12(22-2)5-9-14)25(20,21)15-10-6-13(23-3)7-11-15/h4-11,16H,1-3H3. The van der Waals surface area contributed by atoms with Crippen molar-refractivity contribution >= 4 is 20.0 Å². The zero-order chi connectivity index (χ0) is 18.7. The lowest BCUT2D eigenvalue weighted by Crippen LogP contribution is -2.44. The first-order valence-corrected chi connectivity index (χ1v) is 9.91. The van der Waals surface area contributed by atoms with Crippen LogP contribution >= 0.6 is 0 Å². The molecule has 1 N–H and O–H groups in total. The van der Waals surface area contributed by atoms with E-state index >= 15 is 0 Å². The van der Waals surface area contributed by atoms with E-state index in [1.54, 1.807) is 0 Å². The van der Waals surface area contributed by atoms with Gasteiger partial charge in [-0.3, -0.25) is 0 Å². The van der Waals surface area contributed by atoms with Crippen molar-refractivity contribution in [2.45, 2.75) is 9.79 Å². The maximum absolute atomic E-state index is 12.7. The van der Waals surface area contributed by atoms with Gasteiger partial charge in [0.1, 0.15) is 11.5 Å². The molecule has 0 amide bonds. The minimum atomic E-state index is -4.35. The van der Waals surface area contributed by atoms with Crippen LogP contribution in [-0.4, -0.2) is 41.9 Å². The number of hydrogen-bond donors (Lipinski definition) is 1. The highest BCUT2D eigenvalue weighted by Crippen LogP contribution is 2.25. The van der Waals surface area contributed by atoms with Crippen LogP contribution in [0.2, 0.25) is 0 Å². The van der Waals surface area contributed by atoms with Crippen LogP contribution in [0.5, 0.6) is 11.5 Å². The Labute approximate surface area is 147 Å². The van der Waals surface area contributed by atoms with Crippen molar-refractivity contribution in [2.75, 3.05) is 21.3 Å². The molecule has 2 rings (SSSR count). The smallest absolute Gasteiger partial charge is 0.269 e. The third-order valence-corrected chi connectivity index (χ3v) is 7.49. The molecular formula is C15H18N2O6S2. The van der Waals surface area contributed by atoms with Crippen molar-refractivity contribution in [1.82, 2.24) is 9.25 Å². The van der Waals surface area contributed by atoms with E-state index in [2.05, 4.69) is 5.43 Å². The number of ether oxygens (including phenoxy) is 2. The molecule has 2 aromatic rings. The summed E-state index contributed by atoms with van der Waals surface area (Å²) >= 11 is 0. The molecule has 8 nitrogen and oxygen atoms in total. The molecule has 0 bridgehead atoms. The minimum Gasteiger partial charge on any atom is -0.497 e. The van der Waals surface area contributed by atoms with Gasteiger partial charge in [0.2, 0.25) is 0 Å². The Morgan fingerprint density at radius 2 is 1.04 bits per heavy atom. The predicted molar refractivity (Wildman–Crippen MR) is 91.3 cm³/mol. The van der Waals surface area contributed by atoms with Gasteiger partial charge in [0.15, 0.2) is 0 Å². The van der Waals surface area contributed by atoms with Crippen LogP contribution in [0.1, 0.15) is 0 Å². The molecule has 0 aliphatic rings. The van der Waals surface area contributed by atoms with E-state index in [9.17, 15) is 16.8 Å². The summed E-state index contributed by atoms with van der Waals surface area (Å²) in [4.78, 5) is -0.389. The van der Waals surface area contributed by atoms with E-state index < -0.39 is 20.0 Å². The van der Waals surface area contributed by atoms with E-state index in [-0.39, 0.29) is 13.6 Å². The molecule has 136 valence electrons. The van der Waals surface area contributed by atoms with Crippen LogP contribution in [0.4, 0.5) is 0 Å². The highest BCUT2D eigenvalue weighted by molar-refractivity contribution is 8.04. The molecular weight excluding hydrogens is 368 g/mol. The molecule has 0 fully saturated rings. The molecule has 0 aliphatic heterocycles. The van der Waals surface area contributed by atoms with Gasteiger partial charge in [0.05, 0.1) is 24.0 Å². The van der Waals surface area contributed by atoms with Gasteiger partial charge in [-0.25, -0.2) is 22.3 Å². The van der Waals surface area contributed by atoms with E-state index in [0.717, 1.165) is 0 Å². The highest BCUT2D eigenvalue weighted by Gasteiger charge is 2.36. The summed E-state index contributed by atoms with van der Waals surface area (Å²) in [5.74, 6) is 0.904. The number of sulfonamides is 2. The molecule has 10 heteroatoms. The van der Waals surface area contributed by atoms with Gasteiger partial charge < -0.3 is 9.47 Å². The lowest BCUT2D eigenvalue weighted by Gasteiger charge is -2.21. The average Bonchev–Trinajstić information content (AvgIpc) is 2.62. The maximum Gasteiger partial charge on any atom is 0.269 e. The van der Waals surface area contributed by atoms with Crippen LogP contribution in [0.15, 0.2) is 58.3 Å². The van der Waals surface area contributed by atoms with E-state index in [1.807, 2.05) is 0 Å². The van der Waals surface area contributed by atoms with Crippen molar-refractivity contribution in [2.24, 2.45) is 0 Å². The fraction of sp³-hybridized carbons (Fsp3) is 0.200. The van der Waals surface area contributed by atoms with Gasteiger partial charge in [-0.15, -0.1) is 0 Å². The minimum absolute atomic E-state index is 0.195. The highest BCUT2D eigenvalue weighted by atomic mass is 32.3. The SMILES string of the molecule is CNN(S(=O)(=O)c1ccc(OC)cc1)S(=O)(=O)c1ccc(OC)cc1. The largest absolute Gasteiger partial charge is 0.497 e. The Kier molecular flexibility index (Phi) is 5.68. The molecule has 0 saturated carbocycles. The Morgan fingerprint density at radius 1 is 0.720 bits per heavy atom. The Morgan fingerprint density at radius 3 is 1.28 bits per heavy atom. The van der Waals surface area contributed by atoms with E-state index in [4.69, 9.17) is 9.47 Å². The lowest BCUT2D eigenvalue weighted by molar-refractivity contribution is 0.414. The Balaban J connectivity index is 2.47. The second-order valence-corrected chi connectivity index (χ2v) is 8.59. The van der Waals surface area contributed by atoms with Crippen molar-refractivity contribution in [3.05, 3.63) is 48.5 Å². The molecule has 0 radical (unpaired) electrons. The van der Waals surface area contributed by atoms with Crippen LogP contribution in [0.25, 0.3) is 0 Å². The molecule has 25 heavy (non-hydrogen) atoms. The summed E-state index contributed by atoms with van der Waals surface area (Å²) in [5, 5.41) is 0. The second-order valence-electron chi connectivity index (χ2n) is 4.78. The zero-order valence-electron chi connectivity index (χ0n) is 13.8. The molecule has 0 saturated heterocycles. The van der Waals surface area contributed by atoms with Gasteiger partial charge in [0, 0.05) is 7.05 Å². The van der Waals surface area contributed by atoms with Crippen LogP contribution in [-0.2, 0) is 20.0 Å². The average molecular weight is 386 g/mol. The quantitative estimate of drug-likeness (QED) is 0.714. The summed E-state index contributed by atoms with van der Waals surface area (Å²) in [7, 11) is -4.61. The lowest BCUT2D eigenvalue weighted by atomic mass is 10.3. The molecule has 0 aliphatic carbocycles. The fourth-order valence-corrected chi connectivity index (χ4v) is 5.43. The number of nitrogens with one attached hydrogen (secondary N) is 1. The first-order chi connectivity index (χ1) is 11.8.